The van der Waals surface area contributed by atoms with Crippen molar-refractivity contribution in [3.05, 3.63) is 59.4 Å². The van der Waals surface area contributed by atoms with E-state index in [9.17, 15) is 14.0 Å². The first-order valence-corrected chi connectivity index (χ1v) is 8.90. The molecule has 0 aliphatic carbocycles. The summed E-state index contributed by atoms with van der Waals surface area (Å²) in [7, 11) is 3.13. The highest BCUT2D eigenvalue weighted by atomic mass is 19.1. The van der Waals surface area contributed by atoms with Crippen LogP contribution in [0.1, 0.15) is 18.1 Å². The Morgan fingerprint density at radius 2 is 1.64 bits per heavy atom. The minimum Gasteiger partial charge on any atom is -0.493 e. The van der Waals surface area contributed by atoms with Crippen molar-refractivity contribution in [1.29, 1.82) is 0 Å². The van der Waals surface area contributed by atoms with Crippen molar-refractivity contribution in [3.63, 3.8) is 0 Å². The Kier molecular flexibility index (Phi) is 7.80. The number of hydrogen-bond donors (Lipinski definition) is 1. The van der Waals surface area contributed by atoms with Gasteiger partial charge in [0.25, 0.3) is 0 Å². The van der Waals surface area contributed by atoms with E-state index in [4.69, 9.17) is 9.47 Å². The number of carbonyl (C=O) groups is 2. The van der Waals surface area contributed by atoms with E-state index in [-0.39, 0.29) is 30.7 Å². The predicted octanol–water partition coefficient (Wildman–Crippen LogP) is 2.55. The van der Waals surface area contributed by atoms with Crippen LogP contribution in [0.3, 0.4) is 0 Å². The molecule has 2 aromatic rings. The van der Waals surface area contributed by atoms with Crippen LogP contribution >= 0.6 is 0 Å². The number of benzene rings is 2. The number of nitrogens with one attached hydrogen (secondary N) is 1. The Morgan fingerprint density at radius 3 is 2.25 bits per heavy atom. The van der Waals surface area contributed by atoms with E-state index in [1.807, 2.05) is 18.2 Å². The van der Waals surface area contributed by atoms with Gasteiger partial charge < -0.3 is 19.7 Å². The maximum atomic E-state index is 12.9. The molecule has 0 aliphatic rings. The number of amides is 2. The van der Waals surface area contributed by atoms with E-state index in [0.717, 1.165) is 11.1 Å². The van der Waals surface area contributed by atoms with Crippen LogP contribution < -0.4 is 14.8 Å². The average molecular weight is 388 g/mol. The number of ether oxygens (including phenoxy) is 2. The summed E-state index contributed by atoms with van der Waals surface area (Å²) in [6, 6.07) is 11.4. The van der Waals surface area contributed by atoms with Crippen LogP contribution in [0.2, 0.25) is 0 Å². The molecule has 7 heteroatoms. The minimum atomic E-state index is -0.326. The molecule has 28 heavy (non-hydrogen) atoms. The Hall–Kier alpha value is -3.09. The maximum Gasteiger partial charge on any atom is 0.239 e. The molecule has 0 atom stereocenters. The van der Waals surface area contributed by atoms with Crippen LogP contribution in [0.4, 0.5) is 4.39 Å². The summed E-state index contributed by atoms with van der Waals surface area (Å²) in [5.41, 5.74) is 1.75. The number of methoxy groups -OCH3 is 2. The molecule has 0 aromatic heterocycles. The summed E-state index contributed by atoms with van der Waals surface area (Å²) in [6.45, 7) is 2.07. The van der Waals surface area contributed by atoms with Crippen LogP contribution in [-0.4, -0.2) is 44.0 Å². The van der Waals surface area contributed by atoms with Gasteiger partial charge in [0.05, 0.1) is 20.8 Å². The first-order chi connectivity index (χ1) is 13.4. The fourth-order valence-corrected chi connectivity index (χ4v) is 2.68. The molecule has 0 aliphatic heterocycles. The van der Waals surface area contributed by atoms with Crippen LogP contribution in [0.15, 0.2) is 42.5 Å². The summed E-state index contributed by atoms with van der Waals surface area (Å²) in [5, 5.41) is 2.74. The molecule has 2 rings (SSSR count). The quantitative estimate of drug-likeness (QED) is 0.717. The van der Waals surface area contributed by atoms with Crippen molar-refractivity contribution in [2.24, 2.45) is 0 Å². The van der Waals surface area contributed by atoms with Crippen LogP contribution in [0.5, 0.6) is 11.5 Å². The SMILES string of the molecule is COc1ccc(CCN(CC(=O)NCc2ccc(F)cc2)C(C)=O)cc1OC. The number of carbonyl (C=O) groups excluding carboxylic acids is 2. The zero-order valence-corrected chi connectivity index (χ0v) is 16.3. The molecule has 2 aromatic carbocycles. The Bertz CT molecular complexity index is 809. The van der Waals surface area contributed by atoms with Gasteiger partial charge in [-0.3, -0.25) is 9.59 Å². The summed E-state index contributed by atoms with van der Waals surface area (Å²) in [6.07, 6.45) is 0.575. The van der Waals surface area contributed by atoms with Crippen LogP contribution in [-0.2, 0) is 22.6 Å². The second-order valence-corrected chi connectivity index (χ2v) is 6.28. The molecule has 0 heterocycles. The standard InChI is InChI=1S/C21H25FN2O4/c1-15(25)24(11-10-16-6-9-19(27-2)20(12-16)28-3)14-21(26)23-13-17-4-7-18(22)8-5-17/h4-9,12H,10-11,13-14H2,1-3H3,(H,23,26). The largest absolute Gasteiger partial charge is 0.493 e. The summed E-state index contributed by atoms with van der Waals surface area (Å²) < 4.78 is 23.4. The van der Waals surface area contributed by atoms with E-state index in [1.165, 1.54) is 24.0 Å². The van der Waals surface area contributed by atoms with E-state index in [0.29, 0.717) is 24.5 Å². The van der Waals surface area contributed by atoms with Crippen molar-refractivity contribution in [1.82, 2.24) is 10.2 Å². The third kappa shape index (κ3) is 6.26. The Labute approximate surface area is 164 Å². The lowest BCUT2D eigenvalue weighted by Gasteiger charge is -2.21. The van der Waals surface area contributed by atoms with Gasteiger partial charge in [-0.2, -0.15) is 0 Å². The smallest absolute Gasteiger partial charge is 0.239 e. The van der Waals surface area contributed by atoms with Crippen molar-refractivity contribution in [3.8, 4) is 11.5 Å². The fraction of sp³-hybridized carbons (Fsp3) is 0.333. The summed E-state index contributed by atoms with van der Waals surface area (Å²) in [5.74, 6) is 0.471. The van der Waals surface area contributed by atoms with Gasteiger partial charge in [-0.05, 0) is 41.8 Å². The lowest BCUT2D eigenvalue weighted by Crippen LogP contribution is -2.40. The fourth-order valence-electron chi connectivity index (χ4n) is 2.68. The molecule has 0 bridgehead atoms. The molecular formula is C21H25FN2O4. The number of nitrogens with zero attached hydrogens (tertiary/aromatic N) is 1. The molecule has 0 fully saturated rings. The molecule has 6 nitrogen and oxygen atoms in total. The zero-order valence-electron chi connectivity index (χ0n) is 16.3. The second-order valence-electron chi connectivity index (χ2n) is 6.28. The van der Waals surface area contributed by atoms with Crippen molar-refractivity contribution in [2.75, 3.05) is 27.3 Å². The number of rotatable bonds is 9. The lowest BCUT2D eigenvalue weighted by molar-refractivity contribution is -0.134. The number of halogens is 1. The van der Waals surface area contributed by atoms with Crippen molar-refractivity contribution < 1.29 is 23.5 Å². The first-order valence-electron chi connectivity index (χ1n) is 8.90. The van der Waals surface area contributed by atoms with Gasteiger partial charge in [0.2, 0.25) is 11.8 Å². The predicted molar refractivity (Wildman–Crippen MR) is 104 cm³/mol. The second kappa shape index (κ2) is 10.3. The molecular weight excluding hydrogens is 363 g/mol. The number of hydrogen-bond acceptors (Lipinski definition) is 4. The highest BCUT2D eigenvalue weighted by molar-refractivity contribution is 5.83. The first kappa shape index (κ1) is 21.2. The molecule has 0 saturated heterocycles. The monoisotopic (exact) mass is 388 g/mol. The van der Waals surface area contributed by atoms with Gasteiger partial charge in [-0.25, -0.2) is 4.39 Å². The molecule has 2 amide bonds. The minimum absolute atomic E-state index is 0.0379. The molecule has 150 valence electrons. The van der Waals surface area contributed by atoms with Gasteiger partial charge in [0, 0.05) is 20.0 Å². The van der Waals surface area contributed by atoms with E-state index in [2.05, 4.69) is 5.32 Å². The van der Waals surface area contributed by atoms with Gasteiger partial charge in [0.15, 0.2) is 11.5 Å². The summed E-state index contributed by atoms with van der Waals surface area (Å²) in [4.78, 5) is 25.6. The normalized spacial score (nSPS) is 10.3. The van der Waals surface area contributed by atoms with Crippen LogP contribution in [0, 0.1) is 5.82 Å². The Morgan fingerprint density at radius 1 is 1.00 bits per heavy atom. The van der Waals surface area contributed by atoms with Gasteiger partial charge in [-0.1, -0.05) is 18.2 Å². The van der Waals surface area contributed by atoms with Crippen LogP contribution in [0.25, 0.3) is 0 Å². The molecule has 0 unspecified atom stereocenters. The van der Waals surface area contributed by atoms with Gasteiger partial charge in [0.1, 0.15) is 5.82 Å². The lowest BCUT2D eigenvalue weighted by atomic mass is 10.1. The molecule has 0 spiro atoms. The van der Waals surface area contributed by atoms with Crippen molar-refractivity contribution >= 4 is 11.8 Å². The highest BCUT2D eigenvalue weighted by Gasteiger charge is 2.14. The van der Waals surface area contributed by atoms with E-state index < -0.39 is 0 Å². The zero-order chi connectivity index (χ0) is 20.5. The maximum absolute atomic E-state index is 12.9. The molecule has 0 saturated carbocycles. The van der Waals surface area contributed by atoms with E-state index >= 15 is 0 Å². The van der Waals surface area contributed by atoms with Gasteiger partial charge >= 0.3 is 0 Å². The highest BCUT2D eigenvalue weighted by Crippen LogP contribution is 2.27. The van der Waals surface area contributed by atoms with Crippen molar-refractivity contribution in [2.45, 2.75) is 19.9 Å². The third-order valence-corrected chi connectivity index (χ3v) is 4.30. The topological polar surface area (TPSA) is 67.9 Å². The Balaban J connectivity index is 1.89. The molecule has 0 radical (unpaired) electrons. The molecule has 1 N–H and O–H groups in total. The summed E-state index contributed by atoms with van der Waals surface area (Å²) >= 11 is 0. The average Bonchev–Trinajstić information content (AvgIpc) is 2.70. The van der Waals surface area contributed by atoms with E-state index in [1.54, 1.807) is 26.4 Å². The van der Waals surface area contributed by atoms with Gasteiger partial charge in [-0.15, -0.1) is 0 Å². The third-order valence-electron chi connectivity index (χ3n) is 4.30.